The van der Waals surface area contributed by atoms with Crippen LogP contribution in [0.1, 0.15) is 11.3 Å². The molecule has 0 unspecified atom stereocenters. The Morgan fingerprint density at radius 2 is 1.79 bits per heavy atom. The predicted molar refractivity (Wildman–Crippen MR) is 127 cm³/mol. The van der Waals surface area contributed by atoms with Crippen LogP contribution in [-0.4, -0.2) is 23.9 Å². The van der Waals surface area contributed by atoms with E-state index in [1.807, 2.05) is 25.1 Å². The van der Waals surface area contributed by atoms with E-state index in [-0.39, 0.29) is 28.4 Å². The van der Waals surface area contributed by atoms with E-state index in [0.29, 0.717) is 16.4 Å². The molecule has 0 spiro atoms. The molecule has 2 aromatic carbocycles. The highest BCUT2D eigenvalue weighted by Gasteiger charge is 2.25. The molecule has 2 aromatic heterocycles. The van der Waals surface area contributed by atoms with Gasteiger partial charge in [-0.05, 0) is 67.9 Å². The number of aromatic nitrogens is 2. The number of nitrogens with one attached hydrogen (secondary N) is 1. The van der Waals surface area contributed by atoms with Crippen molar-refractivity contribution in [2.24, 2.45) is 0 Å². The van der Waals surface area contributed by atoms with Crippen LogP contribution in [0.25, 0.3) is 11.0 Å². The summed E-state index contributed by atoms with van der Waals surface area (Å²) in [7, 11) is -4.16. The minimum Gasteiger partial charge on any atom is -0.325 e. The number of anilines is 1. The third-order valence-corrected chi connectivity index (χ3v) is 7.07. The Hall–Kier alpha value is -3.49. The fourth-order valence-corrected chi connectivity index (χ4v) is 4.96. The summed E-state index contributed by atoms with van der Waals surface area (Å²) in [5.41, 5.74) is 1.78. The molecule has 4 aromatic rings. The number of carbonyl (C=O) groups is 1. The van der Waals surface area contributed by atoms with Gasteiger partial charge >= 0.3 is 0 Å². The Kier molecular flexibility index (Phi) is 6.05. The summed E-state index contributed by atoms with van der Waals surface area (Å²) in [4.78, 5) is 29.8. The summed E-state index contributed by atoms with van der Waals surface area (Å²) >= 11 is 5.88. The number of fused-ring (bicyclic) bond motifs is 1. The summed E-state index contributed by atoms with van der Waals surface area (Å²) in [6.45, 7) is 3.43. The van der Waals surface area contributed by atoms with Crippen LogP contribution in [0.5, 0.6) is 0 Å². The van der Waals surface area contributed by atoms with Crippen molar-refractivity contribution >= 4 is 44.1 Å². The molecule has 7 nitrogen and oxygen atoms in total. The maximum Gasteiger partial charge on any atom is 0.244 e. The lowest BCUT2D eigenvalue weighted by atomic mass is 10.2. The van der Waals surface area contributed by atoms with E-state index in [1.165, 1.54) is 41.1 Å². The Morgan fingerprint density at radius 3 is 2.48 bits per heavy atom. The number of hydrogen-bond acceptors (Lipinski definition) is 5. The summed E-state index contributed by atoms with van der Waals surface area (Å²) in [5.74, 6) is -0.385. The van der Waals surface area contributed by atoms with E-state index in [2.05, 4.69) is 10.3 Å². The van der Waals surface area contributed by atoms with Crippen molar-refractivity contribution in [3.05, 3.63) is 93.4 Å². The molecule has 0 radical (unpaired) electrons. The predicted octanol–water partition coefficient (Wildman–Crippen LogP) is 4.14. The zero-order valence-corrected chi connectivity index (χ0v) is 19.4. The zero-order valence-electron chi connectivity index (χ0n) is 17.9. The normalized spacial score (nSPS) is 11.5. The molecule has 168 valence electrons. The van der Waals surface area contributed by atoms with Gasteiger partial charge in [-0.1, -0.05) is 23.7 Å². The molecule has 0 saturated heterocycles. The number of rotatable bonds is 5. The fourth-order valence-electron chi connectivity index (χ4n) is 3.46. The van der Waals surface area contributed by atoms with E-state index in [1.54, 1.807) is 19.1 Å². The molecule has 0 bridgehead atoms. The van der Waals surface area contributed by atoms with Crippen LogP contribution in [0, 0.1) is 13.8 Å². The molecule has 1 N–H and O–H groups in total. The number of carbonyl (C=O) groups excluding carboxylic acids is 1. The summed E-state index contributed by atoms with van der Waals surface area (Å²) < 4.78 is 27.9. The number of hydrogen-bond donors (Lipinski definition) is 1. The van der Waals surface area contributed by atoms with Gasteiger partial charge in [0.25, 0.3) is 0 Å². The third kappa shape index (κ3) is 4.67. The Balaban J connectivity index is 1.82. The lowest BCUT2D eigenvalue weighted by Crippen LogP contribution is -2.24. The topological polar surface area (TPSA) is 98.1 Å². The molecule has 0 saturated carbocycles. The number of sulfone groups is 1. The van der Waals surface area contributed by atoms with Crippen LogP contribution in [0.3, 0.4) is 0 Å². The second-order valence-corrected chi connectivity index (χ2v) is 10.0. The van der Waals surface area contributed by atoms with Crippen molar-refractivity contribution in [1.82, 2.24) is 9.55 Å². The number of halogens is 1. The van der Waals surface area contributed by atoms with Crippen LogP contribution in [0.15, 0.2) is 81.4 Å². The zero-order chi connectivity index (χ0) is 23.8. The summed E-state index contributed by atoms with van der Waals surface area (Å²) in [6, 6.07) is 16.0. The number of nitrogens with zero attached hydrogens (tertiary/aromatic N) is 2. The number of benzene rings is 2. The van der Waals surface area contributed by atoms with E-state index < -0.39 is 20.2 Å². The van der Waals surface area contributed by atoms with Gasteiger partial charge in [0.1, 0.15) is 17.1 Å². The first-order valence-corrected chi connectivity index (χ1v) is 11.9. The first-order valence-electron chi connectivity index (χ1n) is 10.0. The van der Waals surface area contributed by atoms with Gasteiger partial charge in [-0.25, -0.2) is 13.4 Å². The van der Waals surface area contributed by atoms with E-state index in [4.69, 9.17) is 11.6 Å². The van der Waals surface area contributed by atoms with Crippen LogP contribution in [0.4, 0.5) is 5.69 Å². The highest BCUT2D eigenvalue weighted by molar-refractivity contribution is 7.91. The van der Waals surface area contributed by atoms with E-state index in [0.717, 1.165) is 5.56 Å². The fraction of sp³-hybridized carbons (Fsp3) is 0.125. The molecule has 33 heavy (non-hydrogen) atoms. The number of aryl methyl sites for hydroxylation is 2. The third-order valence-electron chi connectivity index (χ3n) is 5.06. The largest absolute Gasteiger partial charge is 0.325 e. The number of amides is 1. The quantitative estimate of drug-likeness (QED) is 0.462. The molecule has 0 aliphatic heterocycles. The minimum absolute atomic E-state index is 0.0702. The van der Waals surface area contributed by atoms with Crippen LogP contribution in [0.2, 0.25) is 5.02 Å². The van der Waals surface area contributed by atoms with Crippen LogP contribution < -0.4 is 10.7 Å². The van der Waals surface area contributed by atoms with Gasteiger partial charge in [0.05, 0.1) is 10.3 Å². The van der Waals surface area contributed by atoms with Gasteiger partial charge in [-0.15, -0.1) is 0 Å². The first-order chi connectivity index (χ1) is 15.6. The Labute approximate surface area is 195 Å². The van der Waals surface area contributed by atoms with Gasteiger partial charge in [0.2, 0.25) is 21.2 Å². The average molecular weight is 482 g/mol. The first kappa shape index (κ1) is 22.7. The molecular weight excluding hydrogens is 462 g/mol. The molecule has 0 aliphatic rings. The smallest absolute Gasteiger partial charge is 0.244 e. The molecule has 9 heteroatoms. The van der Waals surface area contributed by atoms with E-state index in [9.17, 15) is 18.0 Å². The molecule has 2 heterocycles. The van der Waals surface area contributed by atoms with Crippen LogP contribution >= 0.6 is 11.6 Å². The SMILES string of the molecule is Cc1cccc(NC(=O)Cn2cc(S(=O)(=O)c3ccc(Cl)cc3)c(=O)c3ccc(C)nc32)c1. The lowest BCUT2D eigenvalue weighted by molar-refractivity contribution is -0.116. The molecule has 1 amide bonds. The summed E-state index contributed by atoms with van der Waals surface area (Å²) in [6.07, 6.45) is 1.18. The van der Waals surface area contributed by atoms with Crippen molar-refractivity contribution < 1.29 is 13.2 Å². The standard InChI is InChI=1S/C24H20ClN3O4S/c1-15-4-3-5-18(12-15)27-22(29)14-28-13-21(23(30)20-11-6-16(2)26-24(20)28)33(31,32)19-9-7-17(25)8-10-19/h3-13H,14H2,1-2H3,(H,27,29). The molecule has 4 rings (SSSR count). The van der Waals surface area contributed by atoms with Gasteiger partial charge in [0.15, 0.2) is 0 Å². The highest BCUT2D eigenvalue weighted by Crippen LogP contribution is 2.22. The lowest BCUT2D eigenvalue weighted by Gasteiger charge is -2.14. The van der Waals surface area contributed by atoms with Crippen molar-refractivity contribution in [3.63, 3.8) is 0 Å². The Bertz CT molecular complexity index is 1540. The van der Waals surface area contributed by atoms with Crippen LogP contribution in [-0.2, 0) is 21.2 Å². The molecular formula is C24H20ClN3O4S. The molecule has 0 fully saturated rings. The van der Waals surface area contributed by atoms with Crippen molar-refractivity contribution in [2.45, 2.75) is 30.2 Å². The average Bonchev–Trinajstić information content (AvgIpc) is 2.75. The van der Waals surface area contributed by atoms with Gasteiger partial charge in [-0.2, -0.15) is 0 Å². The minimum atomic E-state index is -4.16. The van der Waals surface area contributed by atoms with Crippen molar-refractivity contribution in [2.75, 3.05) is 5.32 Å². The second-order valence-electron chi connectivity index (χ2n) is 7.65. The second kappa shape index (κ2) is 8.80. The number of pyridine rings is 2. The van der Waals surface area contributed by atoms with Crippen molar-refractivity contribution in [3.8, 4) is 0 Å². The van der Waals surface area contributed by atoms with E-state index >= 15 is 0 Å². The van der Waals surface area contributed by atoms with Crippen molar-refractivity contribution in [1.29, 1.82) is 0 Å². The molecule has 0 aliphatic carbocycles. The maximum absolute atomic E-state index is 13.3. The van der Waals surface area contributed by atoms with Gasteiger partial charge in [0, 0.05) is 22.6 Å². The monoisotopic (exact) mass is 481 g/mol. The highest BCUT2D eigenvalue weighted by atomic mass is 35.5. The van der Waals surface area contributed by atoms with Gasteiger partial charge in [-0.3, -0.25) is 9.59 Å². The summed E-state index contributed by atoms with van der Waals surface area (Å²) in [5, 5.41) is 3.27. The Morgan fingerprint density at radius 1 is 1.06 bits per heavy atom. The van der Waals surface area contributed by atoms with Gasteiger partial charge < -0.3 is 9.88 Å². The maximum atomic E-state index is 13.3. The molecule has 0 atom stereocenters.